The van der Waals surface area contributed by atoms with Crippen molar-refractivity contribution >= 4 is 11.9 Å². The van der Waals surface area contributed by atoms with E-state index in [1.807, 2.05) is 5.06 Å². The van der Waals surface area contributed by atoms with Gasteiger partial charge in [-0.1, -0.05) is 5.21 Å². The first-order chi connectivity index (χ1) is 11.5. The van der Waals surface area contributed by atoms with Gasteiger partial charge in [0.15, 0.2) is 0 Å². The molecular weight excluding hydrogens is 314 g/mol. The average Bonchev–Trinajstić information content (AvgIpc) is 3.24. The Morgan fingerprint density at radius 2 is 2.25 bits per heavy atom. The van der Waals surface area contributed by atoms with Crippen molar-refractivity contribution in [3.8, 4) is 0 Å². The normalized spacial score (nSPS) is 24.6. The fourth-order valence-corrected chi connectivity index (χ4v) is 3.43. The van der Waals surface area contributed by atoms with Crippen LogP contribution in [-0.2, 0) is 21.5 Å². The number of carbonyl (C=O) groups is 2. The van der Waals surface area contributed by atoms with E-state index >= 15 is 0 Å². The fraction of sp³-hybridized carbons (Fsp3) is 0.733. The number of amides is 1. The van der Waals surface area contributed by atoms with Crippen molar-refractivity contribution in [3.63, 3.8) is 0 Å². The molecule has 1 N–H and O–H groups in total. The highest BCUT2D eigenvalue weighted by Gasteiger charge is 2.38. The number of carboxylic acids is 1. The number of carbonyl (C=O) groups excluding carboxylic acids is 1. The lowest BCUT2D eigenvalue weighted by atomic mass is 9.91. The maximum Gasteiger partial charge on any atom is 0.303 e. The number of hydroxylamine groups is 2. The second-order valence-electron chi connectivity index (χ2n) is 6.45. The van der Waals surface area contributed by atoms with Crippen molar-refractivity contribution < 1.29 is 19.5 Å². The Bertz CT molecular complexity index is 598. The summed E-state index contributed by atoms with van der Waals surface area (Å²) < 4.78 is 1.60. The molecule has 1 aromatic rings. The Labute approximate surface area is 140 Å². The zero-order chi connectivity index (χ0) is 17.1. The van der Waals surface area contributed by atoms with Crippen LogP contribution >= 0.6 is 0 Å². The van der Waals surface area contributed by atoms with Crippen LogP contribution < -0.4 is 0 Å². The van der Waals surface area contributed by atoms with E-state index in [0.717, 1.165) is 18.7 Å². The van der Waals surface area contributed by atoms with Gasteiger partial charge in [0, 0.05) is 51.8 Å². The van der Waals surface area contributed by atoms with Gasteiger partial charge >= 0.3 is 5.97 Å². The maximum atomic E-state index is 12.5. The molecule has 9 nitrogen and oxygen atoms in total. The summed E-state index contributed by atoms with van der Waals surface area (Å²) in [6.45, 7) is 3.10. The summed E-state index contributed by atoms with van der Waals surface area (Å²) in [6.07, 6.45) is 3.20. The fourth-order valence-electron chi connectivity index (χ4n) is 3.43. The molecule has 0 spiro atoms. The maximum absolute atomic E-state index is 12.5. The van der Waals surface area contributed by atoms with Crippen LogP contribution in [0.3, 0.4) is 0 Å². The lowest BCUT2D eigenvalue weighted by Crippen LogP contribution is -2.32. The number of carboxylic acid groups (broad SMARTS) is 1. The van der Waals surface area contributed by atoms with E-state index in [-0.39, 0.29) is 24.2 Å². The van der Waals surface area contributed by atoms with Crippen molar-refractivity contribution in [2.24, 2.45) is 13.0 Å². The number of aromatic nitrogens is 3. The van der Waals surface area contributed by atoms with Crippen LogP contribution in [0, 0.1) is 5.92 Å². The van der Waals surface area contributed by atoms with Crippen LogP contribution in [0.25, 0.3) is 0 Å². The summed E-state index contributed by atoms with van der Waals surface area (Å²) in [5.41, 5.74) is 0.752. The molecule has 3 heterocycles. The molecule has 0 bridgehead atoms. The molecule has 24 heavy (non-hydrogen) atoms. The highest BCUT2D eigenvalue weighted by atomic mass is 16.7. The number of aliphatic carboxylic acids is 1. The van der Waals surface area contributed by atoms with Gasteiger partial charge in [-0.15, -0.1) is 5.10 Å². The summed E-state index contributed by atoms with van der Waals surface area (Å²) >= 11 is 0. The lowest BCUT2D eigenvalue weighted by Gasteiger charge is -2.18. The molecule has 2 aliphatic rings. The number of hydrogen-bond acceptors (Lipinski definition) is 6. The molecule has 2 aliphatic heterocycles. The number of aryl methyl sites for hydroxylation is 1. The molecule has 132 valence electrons. The third-order valence-electron chi connectivity index (χ3n) is 4.63. The number of likely N-dealkylation sites (tertiary alicyclic amines) is 1. The van der Waals surface area contributed by atoms with Crippen LogP contribution in [0.1, 0.15) is 30.9 Å². The predicted octanol–water partition coefficient (Wildman–Crippen LogP) is -0.141. The summed E-state index contributed by atoms with van der Waals surface area (Å²) in [5, 5.41) is 19.0. The zero-order valence-electron chi connectivity index (χ0n) is 13.8. The van der Waals surface area contributed by atoms with Gasteiger partial charge in [0.05, 0.1) is 18.7 Å². The molecule has 2 atom stereocenters. The molecule has 0 aliphatic carbocycles. The Morgan fingerprint density at radius 1 is 1.42 bits per heavy atom. The molecule has 2 fully saturated rings. The van der Waals surface area contributed by atoms with E-state index in [4.69, 9.17) is 9.94 Å². The monoisotopic (exact) mass is 337 g/mol. The summed E-state index contributed by atoms with van der Waals surface area (Å²) in [7, 11) is 1.77. The summed E-state index contributed by atoms with van der Waals surface area (Å²) in [6, 6.07) is 0. The van der Waals surface area contributed by atoms with Gasteiger partial charge in [0.2, 0.25) is 5.91 Å². The van der Waals surface area contributed by atoms with Gasteiger partial charge in [0.1, 0.15) is 0 Å². The molecule has 0 unspecified atom stereocenters. The molecule has 1 aromatic heterocycles. The number of hydrogen-bond donors (Lipinski definition) is 1. The highest BCUT2D eigenvalue weighted by Crippen LogP contribution is 2.34. The highest BCUT2D eigenvalue weighted by molar-refractivity contribution is 5.77. The van der Waals surface area contributed by atoms with Gasteiger partial charge in [-0.05, 0) is 12.3 Å². The van der Waals surface area contributed by atoms with Gasteiger partial charge in [-0.3, -0.25) is 19.1 Å². The van der Waals surface area contributed by atoms with Gasteiger partial charge in [0.25, 0.3) is 0 Å². The minimum atomic E-state index is -0.853. The van der Waals surface area contributed by atoms with Crippen LogP contribution in [0.2, 0.25) is 0 Å². The minimum absolute atomic E-state index is 0.0280. The minimum Gasteiger partial charge on any atom is -0.481 e. The number of rotatable bonds is 6. The molecular formula is C15H23N5O4. The largest absolute Gasteiger partial charge is 0.481 e. The second-order valence-corrected chi connectivity index (χ2v) is 6.45. The number of nitrogens with zero attached hydrogens (tertiary/aromatic N) is 5. The van der Waals surface area contributed by atoms with Crippen molar-refractivity contribution in [3.05, 3.63) is 11.9 Å². The first-order valence-electron chi connectivity index (χ1n) is 8.26. The van der Waals surface area contributed by atoms with E-state index in [1.165, 1.54) is 0 Å². The van der Waals surface area contributed by atoms with E-state index in [1.54, 1.807) is 22.8 Å². The van der Waals surface area contributed by atoms with Crippen molar-refractivity contribution in [1.29, 1.82) is 0 Å². The molecule has 2 saturated heterocycles. The third kappa shape index (κ3) is 3.90. The van der Waals surface area contributed by atoms with Crippen molar-refractivity contribution in [2.75, 3.05) is 32.8 Å². The SMILES string of the molecule is Cn1cc([C@@H]2CN(C(=O)CCN3CCCO3)C[C@@H]2CC(=O)O)nn1. The molecule has 3 rings (SSSR count). The average molecular weight is 337 g/mol. The Balaban J connectivity index is 1.62. The quantitative estimate of drug-likeness (QED) is 0.771. The van der Waals surface area contributed by atoms with Crippen molar-refractivity contribution in [1.82, 2.24) is 25.0 Å². The summed E-state index contributed by atoms with van der Waals surface area (Å²) in [4.78, 5) is 30.8. The van der Waals surface area contributed by atoms with Crippen molar-refractivity contribution in [2.45, 2.75) is 25.2 Å². The van der Waals surface area contributed by atoms with Crippen LogP contribution in [0.5, 0.6) is 0 Å². The first-order valence-corrected chi connectivity index (χ1v) is 8.26. The predicted molar refractivity (Wildman–Crippen MR) is 82.8 cm³/mol. The molecule has 1 amide bonds. The van der Waals surface area contributed by atoms with E-state index in [9.17, 15) is 9.59 Å². The van der Waals surface area contributed by atoms with Crippen LogP contribution in [0.15, 0.2) is 6.20 Å². The van der Waals surface area contributed by atoms with E-state index in [0.29, 0.717) is 32.7 Å². The smallest absolute Gasteiger partial charge is 0.303 e. The van der Waals surface area contributed by atoms with Gasteiger partial charge < -0.3 is 10.0 Å². The van der Waals surface area contributed by atoms with Crippen LogP contribution in [-0.4, -0.2) is 74.7 Å². The van der Waals surface area contributed by atoms with E-state index in [2.05, 4.69) is 10.3 Å². The molecule has 0 radical (unpaired) electrons. The molecule has 0 saturated carbocycles. The summed E-state index contributed by atoms with van der Waals surface area (Å²) in [5.74, 6) is -1.03. The first kappa shape index (κ1) is 16.8. The Hall–Kier alpha value is -2.00. The third-order valence-corrected chi connectivity index (χ3v) is 4.63. The Kier molecular flexibility index (Phi) is 5.10. The lowest BCUT2D eigenvalue weighted by molar-refractivity contribution is -0.140. The molecule has 9 heteroatoms. The zero-order valence-corrected chi connectivity index (χ0v) is 13.8. The Morgan fingerprint density at radius 3 is 2.88 bits per heavy atom. The molecule has 0 aromatic carbocycles. The van der Waals surface area contributed by atoms with Gasteiger partial charge in [-0.25, -0.2) is 0 Å². The standard InChI is InChI=1S/C15H23N5O4/c1-18-10-13(16-17-18)12-9-19(8-11(12)7-15(22)23)14(21)3-5-20-4-2-6-24-20/h10-12H,2-9H2,1H3,(H,22,23)/t11-,12+/m0/s1. The van der Waals surface area contributed by atoms with Gasteiger partial charge in [-0.2, -0.15) is 5.06 Å². The topological polar surface area (TPSA) is 101 Å². The van der Waals surface area contributed by atoms with Crippen LogP contribution in [0.4, 0.5) is 0 Å². The van der Waals surface area contributed by atoms with E-state index < -0.39 is 5.97 Å². The second kappa shape index (κ2) is 7.27.